The lowest BCUT2D eigenvalue weighted by Crippen LogP contribution is -2.27. The highest BCUT2D eigenvalue weighted by Crippen LogP contribution is 2.14. The van der Waals surface area contributed by atoms with Crippen LogP contribution in [0.1, 0.15) is 46.4 Å². The molecule has 3 rings (SSSR count). The molecular weight excluding hydrogens is 371 g/mol. The molecule has 0 aliphatic carbocycles. The Bertz CT molecular complexity index is 659. The number of nitrogens with one attached hydrogen (secondary N) is 1. The quantitative estimate of drug-likeness (QED) is 0.806. The average molecular weight is 393 g/mol. The van der Waals surface area contributed by atoms with Crippen LogP contribution >= 0.6 is 36.2 Å². The first kappa shape index (κ1) is 20.8. The van der Waals surface area contributed by atoms with Crippen LogP contribution in [-0.2, 0) is 25.9 Å². The molecule has 2 aromatic heterocycles. The maximum absolute atomic E-state index is 12.0. The van der Waals surface area contributed by atoms with Crippen LogP contribution in [0.25, 0.3) is 0 Å². The van der Waals surface area contributed by atoms with E-state index < -0.39 is 0 Å². The fraction of sp³-hybridized carbons (Fsp3) is 0.571. The van der Waals surface area contributed by atoms with Gasteiger partial charge in [0.15, 0.2) is 0 Å². The van der Waals surface area contributed by atoms with E-state index in [1.54, 1.807) is 5.38 Å². The molecule has 1 aliphatic rings. The van der Waals surface area contributed by atoms with E-state index in [4.69, 9.17) is 5.73 Å². The second-order valence-corrected chi connectivity index (χ2v) is 6.27. The number of hydrogen-bond acceptors (Lipinski definition) is 6. The molecule has 10 heteroatoms. The van der Waals surface area contributed by atoms with Crippen LogP contribution in [-0.4, -0.2) is 32.2 Å². The Balaban J connectivity index is 0.00000144. The molecule has 0 saturated heterocycles. The molecule has 0 aromatic carbocycles. The number of aryl methyl sites for hydroxylation is 1. The third-order valence-corrected chi connectivity index (χ3v) is 4.65. The minimum atomic E-state index is -0.161. The zero-order chi connectivity index (χ0) is 15.4. The van der Waals surface area contributed by atoms with Gasteiger partial charge in [0, 0.05) is 37.9 Å². The second-order valence-electron chi connectivity index (χ2n) is 5.33. The van der Waals surface area contributed by atoms with E-state index in [0.717, 1.165) is 29.6 Å². The van der Waals surface area contributed by atoms with Gasteiger partial charge in [0.25, 0.3) is 5.91 Å². The number of nitrogens with two attached hydrogens (primary N) is 1. The summed E-state index contributed by atoms with van der Waals surface area (Å²) in [4.78, 5) is 16.2. The lowest BCUT2D eigenvalue weighted by atomic mass is 10.2. The SMILES string of the molecule is Cl.Cl.NCc1nc(C(=O)NCCc2nnc3n2CCCCC3)cs1. The Morgan fingerprint density at radius 2 is 2.12 bits per heavy atom. The van der Waals surface area contributed by atoms with Gasteiger partial charge in [-0.3, -0.25) is 4.79 Å². The van der Waals surface area contributed by atoms with Crippen LogP contribution in [0.3, 0.4) is 0 Å². The molecule has 0 fully saturated rings. The van der Waals surface area contributed by atoms with Gasteiger partial charge in [0.05, 0.1) is 0 Å². The van der Waals surface area contributed by atoms with Gasteiger partial charge >= 0.3 is 0 Å². The largest absolute Gasteiger partial charge is 0.350 e. The minimum Gasteiger partial charge on any atom is -0.350 e. The van der Waals surface area contributed by atoms with E-state index in [0.29, 0.717) is 25.2 Å². The van der Waals surface area contributed by atoms with Gasteiger partial charge in [-0.25, -0.2) is 4.98 Å². The van der Waals surface area contributed by atoms with Gasteiger partial charge < -0.3 is 15.6 Å². The Kier molecular flexibility index (Phi) is 8.61. The first-order chi connectivity index (χ1) is 10.8. The number of aromatic nitrogens is 4. The van der Waals surface area contributed by atoms with E-state index >= 15 is 0 Å². The third-order valence-electron chi connectivity index (χ3n) is 3.78. The molecule has 0 saturated carbocycles. The number of halogens is 2. The van der Waals surface area contributed by atoms with Gasteiger partial charge in [-0.05, 0) is 12.8 Å². The van der Waals surface area contributed by atoms with Crippen LogP contribution in [0.15, 0.2) is 5.38 Å². The number of carbonyl (C=O) groups is 1. The van der Waals surface area contributed by atoms with Gasteiger partial charge in [0.1, 0.15) is 22.4 Å². The summed E-state index contributed by atoms with van der Waals surface area (Å²) in [7, 11) is 0. The molecular formula is C14H22Cl2N6OS. The number of nitrogens with zero attached hydrogens (tertiary/aromatic N) is 4. The van der Waals surface area contributed by atoms with Crippen molar-refractivity contribution < 1.29 is 4.79 Å². The third kappa shape index (κ3) is 4.89. The fourth-order valence-electron chi connectivity index (χ4n) is 2.62. The number of thiazole rings is 1. The summed E-state index contributed by atoms with van der Waals surface area (Å²) in [6, 6.07) is 0. The maximum atomic E-state index is 12.0. The predicted molar refractivity (Wildman–Crippen MR) is 98.1 cm³/mol. The summed E-state index contributed by atoms with van der Waals surface area (Å²) in [5.74, 6) is 1.87. The van der Waals surface area contributed by atoms with Crippen LogP contribution in [0.5, 0.6) is 0 Å². The first-order valence-electron chi connectivity index (χ1n) is 7.61. The van der Waals surface area contributed by atoms with E-state index in [2.05, 4.69) is 25.1 Å². The topological polar surface area (TPSA) is 98.7 Å². The van der Waals surface area contributed by atoms with Crippen LogP contribution < -0.4 is 11.1 Å². The van der Waals surface area contributed by atoms with Crippen molar-refractivity contribution in [2.45, 2.75) is 45.2 Å². The summed E-state index contributed by atoms with van der Waals surface area (Å²) in [5.41, 5.74) is 5.94. The molecule has 3 N–H and O–H groups in total. The minimum absolute atomic E-state index is 0. The number of hydrogen-bond donors (Lipinski definition) is 2. The van der Waals surface area contributed by atoms with E-state index in [1.165, 1.54) is 30.6 Å². The molecule has 134 valence electrons. The Morgan fingerprint density at radius 3 is 2.88 bits per heavy atom. The number of rotatable bonds is 5. The van der Waals surface area contributed by atoms with E-state index in [-0.39, 0.29) is 30.7 Å². The molecule has 1 amide bonds. The summed E-state index contributed by atoms with van der Waals surface area (Å²) in [6.07, 6.45) is 5.28. The molecule has 0 bridgehead atoms. The fourth-order valence-corrected chi connectivity index (χ4v) is 3.27. The normalized spacial score (nSPS) is 13.2. The Labute approximate surface area is 157 Å². The number of amides is 1. The number of fused-ring (bicyclic) bond motifs is 1. The molecule has 1 aliphatic heterocycles. The van der Waals surface area contributed by atoms with Gasteiger partial charge in [-0.2, -0.15) is 0 Å². The summed E-state index contributed by atoms with van der Waals surface area (Å²) < 4.78 is 2.20. The van der Waals surface area contributed by atoms with Crippen LogP contribution in [0.4, 0.5) is 0 Å². The predicted octanol–water partition coefficient (Wildman–Crippen LogP) is 1.74. The standard InChI is InChI=1S/C14H20N6OS.2ClH/c15-8-13-17-10(9-22-13)14(21)16-6-5-12-19-18-11-4-2-1-3-7-20(11)12;;/h9H,1-8,15H2,(H,16,21);2*1H. The first-order valence-corrected chi connectivity index (χ1v) is 8.49. The maximum Gasteiger partial charge on any atom is 0.270 e. The van der Waals surface area contributed by atoms with Crippen molar-refractivity contribution in [1.29, 1.82) is 0 Å². The van der Waals surface area contributed by atoms with Crippen molar-refractivity contribution in [3.8, 4) is 0 Å². The van der Waals surface area contributed by atoms with Crippen LogP contribution in [0.2, 0.25) is 0 Å². The van der Waals surface area contributed by atoms with Crippen molar-refractivity contribution in [2.24, 2.45) is 5.73 Å². The highest BCUT2D eigenvalue weighted by molar-refractivity contribution is 7.09. The molecule has 0 atom stereocenters. The Morgan fingerprint density at radius 1 is 1.29 bits per heavy atom. The van der Waals surface area contributed by atoms with E-state index in [9.17, 15) is 4.79 Å². The lowest BCUT2D eigenvalue weighted by Gasteiger charge is -2.07. The van der Waals surface area contributed by atoms with Crippen molar-refractivity contribution in [1.82, 2.24) is 25.1 Å². The van der Waals surface area contributed by atoms with Crippen molar-refractivity contribution in [3.05, 3.63) is 27.7 Å². The molecule has 0 unspecified atom stereocenters. The van der Waals surface area contributed by atoms with Crippen molar-refractivity contribution >= 4 is 42.1 Å². The van der Waals surface area contributed by atoms with Gasteiger partial charge in [-0.1, -0.05) is 6.42 Å². The van der Waals surface area contributed by atoms with Gasteiger partial charge in [-0.15, -0.1) is 46.3 Å². The summed E-state index contributed by atoms with van der Waals surface area (Å²) in [6.45, 7) is 1.88. The molecule has 0 radical (unpaired) electrons. The Hall–Kier alpha value is -1.22. The summed E-state index contributed by atoms with van der Waals surface area (Å²) in [5, 5.41) is 13.9. The van der Waals surface area contributed by atoms with E-state index in [1.807, 2.05) is 0 Å². The smallest absolute Gasteiger partial charge is 0.270 e. The molecule has 0 spiro atoms. The van der Waals surface area contributed by atoms with Gasteiger partial charge in [0.2, 0.25) is 0 Å². The second kappa shape index (κ2) is 9.93. The average Bonchev–Trinajstić information content (AvgIpc) is 3.09. The van der Waals surface area contributed by atoms with Crippen molar-refractivity contribution in [3.63, 3.8) is 0 Å². The zero-order valence-electron chi connectivity index (χ0n) is 13.2. The lowest BCUT2D eigenvalue weighted by molar-refractivity contribution is 0.0949. The zero-order valence-corrected chi connectivity index (χ0v) is 15.7. The molecule has 7 nitrogen and oxygen atoms in total. The monoisotopic (exact) mass is 392 g/mol. The summed E-state index contributed by atoms with van der Waals surface area (Å²) >= 11 is 1.41. The number of carbonyl (C=O) groups excluding carboxylic acids is 1. The van der Waals surface area contributed by atoms with Crippen molar-refractivity contribution in [2.75, 3.05) is 6.54 Å². The van der Waals surface area contributed by atoms with Crippen LogP contribution in [0, 0.1) is 0 Å². The molecule has 2 aromatic rings. The highest BCUT2D eigenvalue weighted by Gasteiger charge is 2.15. The molecule has 3 heterocycles. The highest BCUT2D eigenvalue weighted by atomic mass is 35.5. The molecule has 24 heavy (non-hydrogen) atoms.